The van der Waals surface area contributed by atoms with Gasteiger partial charge in [0.1, 0.15) is 10.6 Å². The molecule has 8 nitrogen and oxygen atoms in total. The van der Waals surface area contributed by atoms with E-state index in [1.165, 1.54) is 17.8 Å². The minimum atomic E-state index is -3.91. The van der Waals surface area contributed by atoms with Crippen LogP contribution in [0, 0.1) is 0 Å². The smallest absolute Gasteiger partial charge is 0.352 e. The fourth-order valence-electron chi connectivity index (χ4n) is 1.79. The first-order valence-electron chi connectivity index (χ1n) is 6.40. The van der Waals surface area contributed by atoms with E-state index in [4.69, 9.17) is 5.11 Å². The predicted octanol–water partition coefficient (Wildman–Crippen LogP) is -0.0372. The van der Waals surface area contributed by atoms with Crippen molar-refractivity contribution in [1.29, 1.82) is 0 Å². The van der Waals surface area contributed by atoms with Gasteiger partial charge in [-0.2, -0.15) is 4.31 Å². The van der Waals surface area contributed by atoms with Crippen LogP contribution < -0.4 is 5.32 Å². The second kappa shape index (κ2) is 6.72. The Balaban J connectivity index is 3.07. The Morgan fingerprint density at radius 1 is 1.38 bits per heavy atom. The number of nitrogens with zero attached hydrogens (tertiary/aromatic N) is 2. The van der Waals surface area contributed by atoms with Crippen molar-refractivity contribution >= 4 is 21.9 Å². The molecule has 0 aliphatic carbocycles. The van der Waals surface area contributed by atoms with Gasteiger partial charge in [-0.15, -0.1) is 0 Å². The van der Waals surface area contributed by atoms with E-state index in [1.54, 1.807) is 13.8 Å². The van der Waals surface area contributed by atoms with Gasteiger partial charge in [-0.1, -0.05) is 0 Å². The van der Waals surface area contributed by atoms with E-state index in [9.17, 15) is 18.0 Å². The molecule has 1 amide bonds. The minimum absolute atomic E-state index is 0.109. The van der Waals surface area contributed by atoms with Crippen molar-refractivity contribution in [3.05, 3.63) is 18.0 Å². The van der Waals surface area contributed by atoms with Gasteiger partial charge in [0.05, 0.1) is 6.54 Å². The number of carbonyl (C=O) groups excluding carboxylic acids is 1. The Morgan fingerprint density at radius 2 is 2.00 bits per heavy atom. The predicted molar refractivity (Wildman–Crippen MR) is 75.6 cm³/mol. The number of rotatable bonds is 7. The van der Waals surface area contributed by atoms with Gasteiger partial charge in [-0.05, 0) is 19.9 Å². The molecule has 1 rings (SSSR count). The zero-order valence-corrected chi connectivity index (χ0v) is 13.0. The van der Waals surface area contributed by atoms with Crippen LogP contribution in [0.2, 0.25) is 0 Å². The maximum Gasteiger partial charge on any atom is 0.352 e. The van der Waals surface area contributed by atoms with Crippen LogP contribution in [-0.2, 0) is 21.4 Å². The number of nitrogens with one attached hydrogen (secondary N) is 1. The van der Waals surface area contributed by atoms with Gasteiger partial charge >= 0.3 is 5.97 Å². The number of aromatic carboxylic acids is 1. The van der Waals surface area contributed by atoms with Crippen molar-refractivity contribution in [2.24, 2.45) is 0 Å². The van der Waals surface area contributed by atoms with Gasteiger partial charge in [-0.25, -0.2) is 13.2 Å². The molecule has 1 aromatic rings. The summed E-state index contributed by atoms with van der Waals surface area (Å²) in [5.41, 5.74) is -0.109. The molecule has 118 valence electrons. The lowest BCUT2D eigenvalue weighted by Crippen LogP contribution is -2.38. The lowest BCUT2D eigenvalue weighted by Gasteiger charge is -2.15. The third kappa shape index (κ3) is 3.82. The average molecular weight is 317 g/mol. The molecular weight excluding hydrogens is 298 g/mol. The topological polar surface area (TPSA) is 109 Å². The van der Waals surface area contributed by atoms with Crippen molar-refractivity contribution in [3.63, 3.8) is 0 Å². The normalized spacial score (nSPS) is 11.6. The highest BCUT2D eigenvalue weighted by Gasteiger charge is 2.26. The molecule has 0 aromatic carbocycles. The molecule has 0 saturated heterocycles. The molecule has 0 aliphatic rings. The molecule has 0 spiro atoms. The van der Waals surface area contributed by atoms with E-state index in [0.29, 0.717) is 13.1 Å². The highest BCUT2D eigenvalue weighted by molar-refractivity contribution is 7.89. The zero-order valence-electron chi connectivity index (χ0n) is 12.2. The number of likely N-dealkylation sites (N-methyl/N-ethyl adjacent to an activating group) is 2. The Kier molecular flexibility index (Phi) is 5.50. The molecule has 0 atom stereocenters. The number of carboxylic acids is 1. The van der Waals surface area contributed by atoms with Crippen LogP contribution in [0.1, 0.15) is 24.3 Å². The van der Waals surface area contributed by atoms with Crippen LogP contribution in [0.4, 0.5) is 0 Å². The monoisotopic (exact) mass is 317 g/mol. The molecule has 1 heterocycles. The third-order valence-electron chi connectivity index (χ3n) is 2.88. The lowest BCUT2D eigenvalue weighted by atomic mass is 10.4. The Bertz CT molecular complexity index is 635. The summed E-state index contributed by atoms with van der Waals surface area (Å²) >= 11 is 0. The fourth-order valence-corrected chi connectivity index (χ4v) is 2.95. The van der Waals surface area contributed by atoms with Crippen molar-refractivity contribution in [2.75, 3.05) is 20.1 Å². The van der Waals surface area contributed by atoms with Crippen molar-refractivity contribution in [3.8, 4) is 0 Å². The summed E-state index contributed by atoms with van der Waals surface area (Å²) in [7, 11) is -2.64. The first-order valence-corrected chi connectivity index (χ1v) is 7.84. The number of sulfonamides is 1. The molecule has 2 N–H and O–H groups in total. The summed E-state index contributed by atoms with van der Waals surface area (Å²) in [6, 6.07) is 1.09. The van der Waals surface area contributed by atoms with Crippen LogP contribution in [0.15, 0.2) is 17.2 Å². The van der Waals surface area contributed by atoms with Crippen LogP contribution in [0.5, 0.6) is 0 Å². The van der Waals surface area contributed by atoms with Gasteiger partial charge in [-0.3, -0.25) is 4.79 Å². The third-order valence-corrected chi connectivity index (χ3v) is 4.65. The lowest BCUT2D eigenvalue weighted by molar-refractivity contribution is -0.121. The summed E-state index contributed by atoms with van der Waals surface area (Å²) < 4.78 is 26.8. The van der Waals surface area contributed by atoms with Gasteiger partial charge in [0.25, 0.3) is 0 Å². The maximum absolute atomic E-state index is 12.3. The summed E-state index contributed by atoms with van der Waals surface area (Å²) in [6.07, 6.45) is 1.26. The van der Waals surface area contributed by atoms with Crippen molar-refractivity contribution in [1.82, 2.24) is 14.2 Å². The second-order valence-electron chi connectivity index (χ2n) is 4.37. The van der Waals surface area contributed by atoms with E-state index < -0.39 is 21.9 Å². The van der Waals surface area contributed by atoms with Crippen LogP contribution in [0.3, 0.4) is 0 Å². The van der Waals surface area contributed by atoms with E-state index >= 15 is 0 Å². The number of hydrogen-bond donors (Lipinski definition) is 2. The summed E-state index contributed by atoms with van der Waals surface area (Å²) in [6.45, 7) is 3.85. The number of aromatic nitrogens is 1. The molecule has 0 bridgehead atoms. The number of carbonyl (C=O) groups is 2. The quantitative estimate of drug-likeness (QED) is 0.733. The molecule has 0 saturated carbocycles. The van der Waals surface area contributed by atoms with Gasteiger partial charge < -0.3 is 15.0 Å². The standard InChI is InChI=1S/C12H19N3O5S/c1-4-13-11(16)8-14(3)21(19,20)9-6-10(12(17)18)15(5-2)7-9/h6-7H,4-5,8H2,1-3H3,(H,13,16)(H,17,18). The van der Waals surface area contributed by atoms with E-state index in [2.05, 4.69) is 5.32 Å². The molecule has 0 radical (unpaired) electrons. The summed E-state index contributed by atoms with van der Waals surface area (Å²) in [5.74, 6) is -1.62. The molecule has 1 aromatic heterocycles. The van der Waals surface area contributed by atoms with E-state index in [-0.39, 0.29) is 17.1 Å². The Hall–Kier alpha value is -1.87. The largest absolute Gasteiger partial charge is 0.477 e. The second-order valence-corrected chi connectivity index (χ2v) is 6.41. The minimum Gasteiger partial charge on any atom is -0.477 e. The molecular formula is C12H19N3O5S. The van der Waals surface area contributed by atoms with Gasteiger partial charge in [0.2, 0.25) is 15.9 Å². The summed E-state index contributed by atoms with van der Waals surface area (Å²) in [5, 5.41) is 11.5. The molecule has 0 unspecified atom stereocenters. The molecule has 0 aliphatic heterocycles. The zero-order chi connectivity index (χ0) is 16.2. The summed E-state index contributed by atoms with van der Waals surface area (Å²) in [4.78, 5) is 22.4. The van der Waals surface area contributed by atoms with Crippen LogP contribution in [-0.4, -0.2) is 54.4 Å². The average Bonchev–Trinajstić information content (AvgIpc) is 2.83. The van der Waals surface area contributed by atoms with Crippen molar-refractivity contribution < 1.29 is 23.1 Å². The first kappa shape index (κ1) is 17.2. The maximum atomic E-state index is 12.3. The number of aryl methyl sites for hydroxylation is 1. The van der Waals surface area contributed by atoms with Crippen LogP contribution >= 0.6 is 0 Å². The molecule has 0 fully saturated rings. The van der Waals surface area contributed by atoms with Crippen LogP contribution in [0.25, 0.3) is 0 Å². The fraction of sp³-hybridized carbons (Fsp3) is 0.500. The number of amides is 1. The van der Waals surface area contributed by atoms with Crippen molar-refractivity contribution in [2.45, 2.75) is 25.3 Å². The first-order chi connectivity index (χ1) is 9.73. The number of carboxylic acid groups (broad SMARTS) is 1. The van der Waals surface area contributed by atoms with E-state index in [0.717, 1.165) is 10.4 Å². The molecule has 9 heteroatoms. The molecule has 21 heavy (non-hydrogen) atoms. The highest BCUT2D eigenvalue weighted by atomic mass is 32.2. The van der Waals surface area contributed by atoms with Gasteiger partial charge in [0, 0.05) is 26.3 Å². The number of hydrogen-bond acceptors (Lipinski definition) is 4. The Labute approximate surface area is 123 Å². The van der Waals surface area contributed by atoms with Gasteiger partial charge in [0.15, 0.2) is 0 Å². The Morgan fingerprint density at radius 3 is 2.43 bits per heavy atom. The SMILES string of the molecule is CCNC(=O)CN(C)S(=O)(=O)c1cc(C(=O)O)n(CC)c1. The van der Waals surface area contributed by atoms with E-state index in [1.807, 2.05) is 0 Å². The highest BCUT2D eigenvalue weighted by Crippen LogP contribution is 2.18.